The lowest BCUT2D eigenvalue weighted by Crippen LogP contribution is -2.33. The topological polar surface area (TPSA) is 50.2 Å². The minimum absolute atomic E-state index is 0.00398. The first-order valence-corrected chi connectivity index (χ1v) is 5.62. The molecule has 88 valence electrons. The van der Waals surface area contributed by atoms with Crippen LogP contribution in [0.1, 0.15) is 11.3 Å². The fraction of sp³-hybridized carbons (Fsp3) is 0.636. The van der Waals surface area contributed by atoms with Gasteiger partial charge < -0.3 is 10.2 Å². The lowest BCUT2D eigenvalue weighted by Gasteiger charge is -2.17. The van der Waals surface area contributed by atoms with Crippen LogP contribution in [0.15, 0.2) is 10.9 Å². The van der Waals surface area contributed by atoms with Gasteiger partial charge in [0, 0.05) is 32.1 Å². The first-order chi connectivity index (χ1) is 7.66. The van der Waals surface area contributed by atoms with Gasteiger partial charge in [-0.3, -0.25) is 4.79 Å². The van der Waals surface area contributed by atoms with Crippen LogP contribution in [-0.4, -0.2) is 41.9 Å². The summed E-state index contributed by atoms with van der Waals surface area (Å²) < 4.78 is 1.57. The summed E-state index contributed by atoms with van der Waals surface area (Å²) in [6.07, 6.45) is 0.914. The summed E-state index contributed by atoms with van der Waals surface area (Å²) in [6.45, 7) is 3.22. The van der Waals surface area contributed by atoms with Gasteiger partial charge in [0.15, 0.2) is 0 Å². The van der Waals surface area contributed by atoms with Gasteiger partial charge in [0.25, 0.3) is 5.56 Å². The zero-order valence-corrected chi connectivity index (χ0v) is 9.86. The van der Waals surface area contributed by atoms with Gasteiger partial charge in [0.1, 0.15) is 0 Å². The molecule has 0 spiro atoms. The summed E-state index contributed by atoms with van der Waals surface area (Å²) in [5, 5.41) is 7.66. The van der Waals surface area contributed by atoms with E-state index in [1.165, 1.54) is 0 Å². The predicted octanol–water partition coefficient (Wildman–Crippen LogP) is -0.549. The number of fused-ring (bicyclic) bond motifs is 1. The Hall–Kier alpha value is -1.20. The van der Waals surface area contributed by atoms with Crippen molar-refractivity contribution < 1.29 is 0 Å². The van der Waals surface area contributed by atoms with E-state index in [1.54, 1.807) is 10.7 Å². The molecule has 1 aromatic rings. The molecule has 1 aromatic heterocycles. The smallest absolute Gasteiger partial charge is 0.267 e. The highest BCUT2D eigenvalue weighted by atomic mass is 16.1. The van der Waals surface area contributed by atoms with Crippen LogP contribution < -0.4 is 10.9 Å². The van der Waals surface area contributed by atoms with Crippen molar-refractivity contribution in [2.24, 2.45) is 0 Å². The fourth-order valence-corrected chi connectivity index (χ4v) is 1.81. The zero-order chi connectivity index (χ0) is 11.5. The molecule has 0 amide bonds. The predicted molar refractivity (Wildman–Crippen MR) is 62.5 cm³/mol. The molecule has 5 heteroatoms. The van der Waals surface area contributed by atoms with Crippen molar-refractivity contribution in [2.75, 3.05) is 27.2 Å². The van der Waals surface area contributed by atoms with Crippen LogP contribution in [0.2, 0.25) is 0 Å². The number of nitrogens with one attached hydrogen (secondary N) is 1. The van der Waals surface area contributed by atoms with Crippen LogP contribution in [0.25, 0.3) is 0 Å². The maximum atomic E-state index is 11.8. The standard InChI is InChI=1S/C11H18N4O/c1-14(2)5-6-15-11(16)7-9-8-12-4-3-10(9)13-15/h7,12H,3-6,8H2,1-2H3. The molecule has 1 aliphatic heterocycles. The molecule has 0 bridgehead atoms. The minimum Gasteiger partial charge on any atom is -0.312 e. The third-order valence-electron chi connectivity index (χ3n) is 2.78. The van der Waals surface area contributed by atoms with E-state index in [4.69, 9.17) is 0 Å². The van der Waals surface area contributed by atoms with E-state index in [1.807, 2.05) is 14.1 Å². The Labute approximate surface area is 95.1 Å². The Morgan fingerprint density at radius 1 is 1.56 bits per heavy atom. The summed E-state index contributed by atoms with van der Waals surface area (Å²) in [7, 11) is 3.99. The molecular weight excluding hydrogens is 204 g/mol. The van der Waals surface area contributed by atoms with Crippen molar-refractivity contribution in [3.63, 3.8) is 0 Å². The molecule has 0 saturated heterocycles. The third-order valence-corrected chi connectivity index (χ3v) is 2.78. The molecule has 0 fully saturated rings. The Balaban J connectivity index is 2.22. The van der Waals surface area contributed by atoms with Crippen molar-refractivity contribution in [2.45, 2.75) is 19.5 Å². The van der Waals surface area contributed by atoms with E-state index in [0.29, 0.717) is 6.54 Å². The molecule has 1 N–H and O–H groups in total. The summed E-state index contributed by atoms with van der Waals surface area (Å²) in [5.41, 5.74) is 2.12. The Morgan fingerprint density at radius 3 is 3.12 bits per heavy atom. The molecule has 0 aromatic carbocycles. The van der Waals surface area contributed by atoms with Gasteiger partial charge in [0.05, 0.1) is 12.2 Å². The Morgan fingerprint density at radius 2 is 2.38 bits per heavy atom. The van der Waals surface area contributed by atoms with Crippen LogP contribution in [0, 0.1) is 0 Å². The van der Waals surface area contributed by atoms with Crippen LogP contribution >= 0.6 is 0 Å². The molecule has 1 aliphatic rings. The average molecular weight is 222 g/mol. The number of nitrogens with zero attached hydrogens (tertiary/aromatic N) is 3. The van der Waals surface area contributed by atoms with Gasteiger partial charge in [-0.1, -0.05) is 0 Å². The number of likely N-dealkylation sites (N-methyl/N-ethyl adjacent to an activating group) is 1. The third kappa shape index (κ3) is 2.48. The Bertz CT molecular complexity index is 424. The van der Waals surface area contributed by atoms with Crippen LogP contribution in [0.3, 0.4) is 0 Å². The molecule has 16 heavy (non-hydrogen) atoms. The second-order valence-corrected chi connectivity index (χ2v) is 4.41. The van der Waals surface area contributed by atoms with Crippen molar-refractivity contribution in [1.82, 2.24) is 20.0 Å². The van der Waals surface area contributed by atoms with Crippen LogP contribution in [-0.2, 0) is 19.5 Å². The number of rotatable bonds is 3. The molecule has 0 radical (unpaired) electrons. The van der Waals surface area contributed by atoms with Crippen molar-refractivity contribution >= 4 is 0 Å². The molecule has 5 nitrogen and oxygen atoms in total. The largest absolute Gasteiger partial charge is 0.312 e. The van der Waals surface area contributed by atoms with Gasteiger partial charge in [-0.05, 0) is 19.7 Å². The number of hydrogen-bond donors (Lipinski definition) is 1. The first kappa shape index (κ1) is 11.3. The van der Waals surface area contributed by atoms with Gasteiger partial charge >= 0.3 is 0 Å². The summed E-state index contributed by atoms with van der Waals surface area (Å²) in [4.78, 5) is 13.8. The monoisotopic (exact) mass is 222 g/mol. The minimum atomic E-state index is 0.00398. The quantitative estimate of drug-likeness (QED) is 0.745. The second kappa shape index (κ2) is 4.76. The highest BCUT2D eigenvalue weighted by Gasteiger charge is 2.12. The number of hydrogen-bond acceptors (Lipinski definition) is 4. The van der Waals surface area contributed by atoms with Crippen molar-refractivity contribution in [1.29, 1.82) is 0 Å². The highest BCUT2D eigenvalue weighted by molar-refractivity contribution is 5.20. The van der Waals surface area contributed by atoms with E-state index >= 15 is 0 Å². The molecule has 2 rings (SSSR count). The molecular formula is C11H18N4O. The van der Waals surface area contributed by atoms with E-state index in [2.05, 4.69) is 15.3 Å². The maximum Gasteiger partial charge on any atom is 0.267 e. The molecule has 0 saturated carbocycles. The molecule has 0 atom stereocenters. The number of aromatic nitrogens is 2. The Kier molecular flexibility index (Phi) is 3.36. The van der Waals surface area contributed by atoms with Crippen molar-refractivity contribution in [3.05, 3.63) is 27.7 Å². The van der Waals surface area contributed by atoms with Crippen LogP contribution in [0.4, 0.5) is 0 Å². The zero-order valence-electron chi connectivity index (χ0n) is 9.86. The summed E-state index contributed by atoms with van der Waals surface area (Å²) >= 11 is 0. The van der Waals surface area contributed by atoms with Crippen molar-refractivity contribution in [3.8, 4) is 0 Å². The van der Waals surface area contributed by atoms with E-state index in [0.717, 1.165) is 37.3 Å². The normalized spacial score (nSPS) is 15.2. The van der Waals surface area contributed by atoms with E-state index in [-0.39, 0.29) is 5.56 Å². The lowest BCUT2D eigenvalue weighted by atomic mass is 10.1. The van der Waals surface area contributed by atoms with E-state index in [9.17, 15) is 4.79 Å². The first-order valence-electron chi connectivity index (χ1n) is 5.62. The van der Waals surface area contributed by atoms with Gasteiger partial charge in [-0.15, -0.1) is 0 Å². The SMILES string of the molecule is CN(C)CCn1nc2c(cc1=O)CNCC2. The summed E-state index contributed by atoms with van der Waals surface area (Å²) in [6, 6.07) is 1.71. The highest BCUT2D eigenvalue weighted by Crippen LogP contribution is 2.07. The van der Waals surface area contributed by atoms with Crippen LogP contribution in [0.5, 0.6) is 0 Å². The molecule has 0 unspecified atom stereocenters. The van der Waals surface area contributed by atoms with E-state index < -0.39 is 0 Å². The molecule has 2 heterocycles. The second-order valence-electron chi connectivity index (χ2n) is 4.41. The maximum absolute atomic E-state index is 11.8. The average Bonchev–Trinajstić information content (AvgIpc) is 2.26. The summed E-state index contributed by atoms with van der Waals surface area (Å²) in [5.74, 6) is 0. The van der Waals surface area contributed by atoms with Gasteiger partial charge in [-0.25, -0.2) is 4.68 Å². The van der Waals surface area contributed by atoms with Gasteiger partial charge in [-0.2, -0.15) is 5.10 Å². The fourth-order valence-electron chi connectivity index (χ4n) is 1.81. The lowest BCUT2D eigenvalue weighted by molar-refractivity contribution is 0.364. The molecule has 0 aliphatic carbocycles. The van der Waals surface area contributed by atoms with Gasteiger partial charge in [0.2, 0.25) is 0 Å².